The van der Waals surface area contributed by atoms with Crippen molar-refractivity contribution in [3.8, 4) is 0 Å². The molecule has 0 atom stereocenters. The van der Waals surface area contributed by atoms with Crippen molar-refractivity contribution in [1.82, 2.24) is 9.21 Å². The maximum Gasteiger partial charge on any atom is 0.416 e. The first-order chi connectivity index (χ1) is 15.6. The molecule has 2 rings (SSSR count). The molecule has 10 heteroatoms. The van der Waals surface area contributed by atoms with Crippen molar-refractivity contribution in [2.75, 3.05) is 40.4 Å². The summed E-state index contributed by atoms with van der Waals surface area (Å²) >= 11 is 0. The van der Waals surface area contributed by atoms with Crippen LogP contribution >= 0.6 is 0 Å². The maximum absolute atomic E-state index is 12.8. The number of ether oxygens (including phenoxy) is 1. The van der Waals surface area contributed by atoms with E-state index in [1.165, 1.54) is 11.4 Å². The van der Waals surface area contributed by atoms with Gasteiger partial charge in [-0.15, -0.1) is 0 Å². The van der Waals surface area contributed by atoms with Crippen LogP contribution in [0, 0.1) is 0 Å². The molecule has 1 aliphatic carbocycles. The Hall–Kier alpha value is -1.20. The number of sulfonamides is 1. The molecule has 0 aliphatic heterocycles. The lowest BCUT2D eigenvalue weighted by Gasteiger charge is -2.34. The van der Waals surface area contributed by atoms with Gasteiger partial charge in [0.25, 0.3) is 0 Å². The quantitative estimate of drug-likeness (QED) is 0.418. The highest BCUT2D eigenvalue weighted by molar-refractivity contribution is 7.89. The molecule has 0 unspecified atom stereocenters. The third kappa shape index (κ3) is 8.83. The normalized spacial score (nSPS) is 20.0. The number of aliphatic hydroxyl groups excluding tert-OH is 1. The molecule has 0 aromatic heterocycles. The minimum absolute atomic E-state index is 0.124. The third-order valence-corrected chi connectivity index (χ3v) is 8.21. The summed E-state index contributed by atoms with van der Waals surface area (Å²) in [4.78, 5) is 1.99. The van der Waals surface area contributed by atoms with Gasteiger partial charge in [-0.3, -0.25) is 0 Å². The second-order valence-corrected chi connectivity index (χ2v) is 10.8. The number of rotatable bonds is 13. The lowest BCUT2D eigenvalue weighted by Crippen LogP contribution is -2.40. The molecular formula is C23H37F3N2O4S. The maximum atomic E-state index is 12.8. The number of likely N-dealkylation sites (N-methyl/N-ethyl adjacent to an activating group) is 1. The number of unbranched alkanes of at least 4 members (excludes halogenated alkanes) is 3. The van der Waals surface area contributed by atoms with Gasteiger partial charge >= 0.3 is 6.18 Å². The fourth-order valence-electron chi connectivity index (χ4n) is 4.12. The minimum Gasteiger partial charge on any atom is -0.395 e. The van der Waals surface area contributed by atoms with Gasteiger partial charge in [0.15, 0.2) is 0 Å². The van der Waals surface area contributed by atoms with Gasteiger partial charge in [0.1, 0.15) is 0 Å². The van der Waals surface area contributed by atoms with Gasteiger partial charge < -0.3 is 14.7 Å². The summed E-state index contributed by atoms with van der Waals surface area (Å²) in [7, 11) is -0.352. The molecule has 0 spiro atoms. The first kappa shape index (κ1) is 28.0. The zero-order chi connectivity index (χ0) is 24.5. The van der Waals surface area contributed by atoms with Gasteiger partial charge in [-0.2, -0.15) is 17.5 Å². The Morgan fingerprint density at radius 2 is 1.58 bits per heavy atom. The van der Waals surface area contributed by atoms with Crippen molar-refractivity contribution in [3.05, 3.63) is 29.8 Å². The lowest BCUT2D eigenvalue weighted by molar-refractivity contribution is -0.137. The van der Waals surface area contributed by atoms with Crippen LogP contribution in [-0.4, -0.2) is 75.3 Å². The Bertz CT molecular complexity index is 795. The van der Waals surface area contributed by atoms with E-state index in [0.717, 1.165) is 69.3 Å². The Morgan fingerprint density at radius 1 is 0.970 bits per heavy atom. The van der Waals surface area contributed by atoms with E-state index in [9.17, 15) is 21.6 Å². The van der Waals surface area contributed by atoms with Gasteiger partial charge in [0.2, 0.25) is 10.0 Å². The number of hydrogen-bond acceptors (Lipinski definition) is 5. The van der Waals surface area contributed by atoms with E-state index in [0.29, 0.717) is 26.0 Å². The Kier molecular flexibility index (Phi) is 11.1. The molecule has 0 heterocycles. The summed E-state index contributed by atoms with van der Waals surface area (Å²) in [6.07, 6.45) is 2.80. The first-order valence-corrected chi connectivity index (χ1v) is 13.1. The first-order valence-electron chi connectivity index (χ1n) is 11.6. The average molecular weight is 495 g/mol. The zero-order valence-electron chi connectivity index (χ0n) is 19.6. The fourth-order valence-corrected chi connectivity index (χ4v) is 5.54. The van der Waals surface area contributed by atoms with E-state index in [1.807, 2.05) is 7.05 Å². The summed E-state index contributed by atoms with van der Waals surface area (Å²) in [5.41, 5.74) is -0.865. The molecule has 0 bridgehead atoms. The lowest BCUT2D eigenvalue weighted by atomic mass is 9.93. The van der Waals surface area contributed by atoms with E-state index in [1.54, 1.807) is 0 Å². The Morgan fingerprint density at radius 3 is 2.15 bits per heavy atom. The molecular weight excluding hydrogens is 457 g/mol. The fraction of sp³-hybridized carbons (Fsp3) is 0.739. The highest BCUT2D eigenvalue weighted by atomic mass is 32.2. The van der Waals surface area contributed by atoms with E-state index in [4.69, 9.17) is 9.84 Å². The van der Waals surface area contributed by atoms with Crippen LogP contribution in [0.4, 0.5) is 13.2 Å². The molecule has 1 N–H and O–H groups in total. The topological polar surface area (TPSA) is 70.1 Å². The summed E-state index contributed by atoms with van der Waals surface area (Å²) in [6.45, 7) is 2.56. The molecule has 33 heavy (non-hydrogen) atoms. The zero-order valence-corrected chi connectivity index (χ0v) is 20.4. The molecule has 0 saturated heterocycles. The summed E-state index contributed by atoms with van der Waals surface area (Å²) < 4.78 is 71.2. The Labute approximate surface area is 195 Å². The van der Waals surface area contributed by atoms with Crippen LogP contribution in [0.1, 0.15) is 56.9 Å². The molecule has 0 amide bonds. The monoisotopic (exact) mass is 494 g/mol. The van der Waals surface area contributed by atoms with Crippen LogP contribution in [-0.2, 0) is 20.9 Å². The SMILES string of the molecule is CN(CCO)CCCCCCO[C@H]1CC[C@H](N(C)S(=O)(=O)c2ccc(C(F)(F)F)cc2)CC1. The van der Waals surface area contributed by atoms with Gasteiger partial charge in [-0.1, -0.05) is 12.8 Å². The van der Waals surface area contributed by atoms with Crippen molar-refractivity contribution >= 4 is 10.0 Å². The average Bonchev–Trinajstić information content (AvgIpc) is 2.78. The highest BCUT2D eigenvalue weighted by Crippen LogP contribution is 2.32. The smallest absolute Gasteiger partial charge is 0.395 e. The summed E-state index contributed by atoms with van der Waals surface area (Å²) in [5, 5.41) is 8.88. The van der Waals surface area contributed by atoms with Crippen molar-refractivity contribution in [2.45, 2.75) is 74.6 Å². The predicted octanol–water partition coefficient (Wildman–Crippen LogP) is 4.14. The number of halogens is 3. The highest BCUT2D eigenvalue weighted by Gasteiger charge is 2.34. The van der Waals surface area contributed by atoms with Crippen molar-refractivity contribution < 1.29 is 31.4 Å². The third-order valence-electron chi connectivity index (χ3n) is 6.29. The number of alkyl halides is 3. The van der Waals surface area contributed by atoms with Crippen LogP contribution in [0.25, 0.3) is 0 Å². The summed E-state index contributed by atoms with van der Waals surface area (Å²) in [6, 6.07) is 3.47. The number of nitrogens with zero attached hydrogens (tertiary/aromatic N) is 2. The van der Waals surface area contributed by atoms with E-state index >= 15 is 0 Å². The largest absolute Gasteiger partial charge is 0.416 e. The molecule has 1 saturated carbocycles. The van der Waals surface area contributed by atoms with E-state index in [2.05, 4.69) is 4.90 Å². The van der Waals surface area contributed by atoms with Crippen molar-refractivity contribution in [1.29, 1.82) is 0 Å². The van der Waals surface area contributed by atoms with Gasteiger partial charge in [-0.25, -0.2) is 8.42 Å². The predicted molar refractivity (Wildman–Crippen MR) is 121 cm³/mol. The molecule has 1 fully saturated rings. The van der Waals surface area contributed by atoms with E-state index in [-0.39, 0.29) is 23.6 Å². The van der Waals surface area contributed by atoms with Gasteiger partial charge in [0.05, 0.1) is 23.2 Å². The number of hydrogen-bond donors (Lipinski definition) is 1. The minimum atomic E-state index is -4.50. The second-order valence-electron chi connectivity index (χ2n) is 8.79. The summed E-state index contributed by atoms with van der Waals surface area (Å²) in [5.74, 6) is 0. The number of benzene rings is 1. The Balaban J connectivity index is 1.70. The van der Waals surface area contributed by atoms with Crippen LogP contribution in [0.2, 0.25) is 0 Å². The van der Waals surface area contributed by atoms with Gasteiger partial charge in [0, 0.05) is 26.2 Å². The van der Waals surface area contributed by atoms with Crippen LogP contribution in [0.3, 0.4) is 0 Å². The molecule has 190 valence electrons. The van der Waals surface area contributed by atoms with Crippen LogP contribution < -0.4 is 0 Å². The van der Waals surface area contributed by atoms with Crippen molar-refractivity contribution in [3.63, 3.8) is 0 Å². The van der Waals surface area contributed by atoms with Crippen LogP contribution in [0.15, 0.2) is 29.2 Å². The molecule has 1 aromatic carbocycles. The second kappa shape index (κ2) is 13.0. The molecule has 0 radical (unpaired) electrons. The van der Waals surface area contributed by atoms with Crippen molar-refractivity contribution in [2.24, 2.45) is 0 Å². The van der Waals surface area contributed by atoms with Crippen LogP contribution in [0.5, 0.6) is 0 Å². The number of aliphatic hydroxyl groups is 1. The molecule has 6 nitrogen and oxygen atoms in total. The molecule has 1 aromatic rings. The van der Waals surface area contributed by atoms with Gasteiger partial charge in [-0.05, 0) is 76.4 Å². The molecule has 1 aliphatic rings. The standard InChI is InChI=1S/C23H37F3N2O4S/c1-27(16-17-29)15-5-3-4-6-18-32-21-11-9-20(10-12-21)28(2)33(30,31)22-13-7-19(8-14-22)23(24,25)26/h7-8,13-14,20-21,29H,3-6,9-12,15-18H2,1-2H3/t20-,21-. The van der Waals surface area contributed by atoms with E-state index < -0.39 is 21.8 Å².